The van der Waals surface area contributed by atoms with Gasteiger partial charge in [0.2, 0.25) is 5.91 Å². The first-order valence-corrected chi connectivity index (χ1v) is 6.82. The average molecular weight is 243 g/mol. The summed E-state index contributed by atoms with van der Waals surface area (Å²) in [7, 11) is 0. The quantitative estimate of drug-likeness (QED) is 0.762. The number of amides is 1. The number of carbonyl (C=O) groups excluding carboxylic acids is 1. The van der Waals surface area contributed by atoms with Crippen LogP contribution >= 0.6 is 12.6 Å². The minimum absolute atomic E-state index is 0.236. The molecule has 0 aromatic heterocycles. The molecule has 2 rings (SSSR count). The molecule has 92 valence electrons. The number of hydrogen-bond donors (Lipinski definition) is 1. The van der Waals surface area contributed by atoms with E-state index in [2.05, 4.69) is 19.6 Å². The van der Waals surface area contributed by atoms with Crippen molar-refractivity contribution in [2.75, 3.05) is 25.4 Å². The summed E-state index contributed by atoms with van der Waals surface area (Å²) in [5.41, 5.74) is 0.236. The Morgan fingerprint density at radius 3 is 2.88 bits per heavy atom. The second kappa shape index (κ2) is 4.96. The molecule has 1 amide bonds. The van der Waals surface area contributed by atoms with E-state index >= 15 is 0 Å². The summed E-state index contributed by atoms with van der Waals surface area (Å²) in [6.07, 6.45) is 4.26. The third-order valence-electron chi connectivity index (χ3n) is 3.77. The number of carbonyl (C=O) groups is 1. The molecule has 1 aliphatic heterocycles. The van der Waals surface area contributed by atoms with Crippen molar-refractivity contribution in [3.8, 4) is 0 Å². The van der Waals surface area contributed by atoms with Crippen LogP contribution in [0.2, 0.25) is 0 Å². The zero-order valence-electron chi connectivity index (χ0n) is 9.95. The molecule has 3 nitrogen and oxygen atoms in total. The average Bonchev–Trinajstić information content (AvgIpc) is 3.09. The van der Waals surface area contributed by atoms with Crippen LogP contribution in [0.4, 0.5) is 0 Å². The molecule has 0 spiro atoms. The first-order chi connectivity index (χ1) is 7.69. The zero-order chi connectivity index (χ0) is 11.6. The van der Waals surface area contributed by atoms with E-state index in [0.29, 0.717) is 18.9 Å². The maximum absolute atomic E-state index is 12.1. The summed E-state index contributed by atoms with van der Waals surface area (Å²) in [5.74, 6) is 1.15. The van der Waals surface area contributed by atoms with Gasteiger partial charge in [0.25, 0.3) is 0 Å². The highest BCUT2D eigenvalue weighted by Crippen LogP contribution is 2.49. The molecule has 16 heavy (non-hydrogen) atoms. The van der Waals surface area contributed by atoms with Gasteiger partial charge in [0.15, 0.2) is 0 Å². The topological polar surface area (TPSA) is 29.5 Å². The van der Waals surface area contributed by atoms with Gasteiger partial charge in [-0.15, -0.1) is 0 Å². The summed E-state index contributed by atoms with van der Waals surface area (Å²) in [6, 6.07) is 0. The number of thiol groups is 1. The molecule has 0 radical (unpaired) electrons. The smallest absolute Gasteiger partial charge is 0.223 e. The SMILES string of the molecule is CCC1CN(C(=O)CC2(CS)CC2)CCO1. The number of morpholine rings is 1. The van der Waals surface area contributed by atoms with Gasteiger partial charge in [0, 0.05) is 19.5 Å². The minimum Gasteiger partial charge on any atom is -0.375 e. The molecule has 0 aromatic rings. The fourth-order valence-electron chi connectivity index (χ4n) is 2.19. The highest BCUT2D eigenvalue weighted by Gasteiger charge is 2.44. The van der Waals surface area contributed by atoms with Crippen LogP contribution in [-0.4, -0.2) is 42.4 Å². The largest absolute Gasteiger partial charge is 0.375 e. The van der Waals surface area contributed by atoms with E-state index in [0.717, 1.165) is 25.3 Å². The molecule has 4 heteroatoms. The number of ether oxygens (including phenoxy) is 1. The lowest BCUT2D eigenvalue weighted by molar-refractivity contribution is -0.140. The Bertz CT molecular complexity index is 266. The van der Waals surface area contributed by atoms with Crippen molar-refractivity contribution in [1.29, 1.82) is 0 Å². The maximum atomic E-state index is 12.1. The molecule has 1 saturated carbocycles. The normalized spacial score (nSPS) is 27.9. The van der Waals surface area contributed by atoms with Crippen LogP contribution in [0.15, 0.2) is 0 Å². The van der Waals surface area contributed by atoms with Gasteiger partial charge in [-0.1, -0.05) is 6.92 Å². The molecular weight excluding hydrogens is 222 g/mol. The molecule has 1 unspecified atom stereocenters. The van der Waals surface area contributed by atoms with Gasteiger partial charge < -0.3 is 9.64 Å². The molecule has 1 saturated heterocycles. The van der Waals surface area contributed by atoms with Gasteiger partial charge in [-0.3, -0.25) is 4.79 Å². The fraction of sp³-hybridized carbons (Fsp3) is 0.917. The van der Waals surface area contributed by atoms with E-state index < -0.39 is 0 Å². The summed E-state index contributed by atoms with van der Waals surface area (Å²) in [5, 5.41) is 0. The van der Waals surface area contributed by atoms with Crippen LogP contribution in [0.25, 0.3) is 0 Å². The highest BCUT2D eigenvalue weighted by molar-refractivity contribution is 7.80. The lowest BCUT2D eigenvalue weighted by Gasteiger charge is -2.33. The maximum Gasteiger partial charge on any atom is 0.223 e. The highest BCUT2D eigenvalue weighted by atomic mass is 32.1. The summed E-state index contributed by atoms with van der Waals surface area (Å²) >= 11 is 4.34. The molecule has 0 aromatic carbocycles. The Balaban J connectivity index is 1.84. The molecule has 1 heterocycles. The second-order valence-corrected chi connectivity index (χ2v) is 5.39. The van der Waals surface area contributed by atoms with Crippen molar-refractivity contribution in [2.24, 2.45) is 5.41 Å². The monoisotopic (exact) mass is 243 g/mol. The third-order valence-corrected chi connectivity index (χ3v) is 4.44. The van der Waals surface area contributed by atoms with E-state index in [1.807, 2.05) is 4.90 Å². The molecule has 2 aliphatic rings. The molecule has 0 N–H and O–H groups in total. The predicted octanol–water partition coefficient (Wildman–Crippen LogP) is 1.72. The van der Waals surface area contributed by atoms with Gasteiger partial charge in [0.05, 0.1) is 12.7 Å². The lowest BCUT2D eigenvalue weighted by atomic mass is 10.0. The lowest BCUT2D eigenvalue weighted by Crippen LogP contribution is -2.46. The van der Waals surface area contributed by atoms with Crippen LogP contribution in [0.5, 0.6) is 0 Å². The predicted molar refractivity (Wildman–Crippen MR) is 66.7 cm³/mol. The van der Waals surface area contributed by atoms with E-state index in [1.54, 1.807) is 0 Å². The van der Waals surface area contributed by atoms with Crippen molar-refractivity contribution >= 4 is 18.5 Å². The van der Waals surface area contributed by atoms with Gasteiger partial charge in [-0.2, -0.15) is 12.6 Å². The first-order valence-electron chi connectivity index (χ1n) is 6.19. The Hall–Kier alpha value is -0.220. The molecule has 2 fully saturated rings. The Morgan fingerprint density at radius 1 is 1.56 bits per heavy atom. The standard InChI is InChI=1S/C12H21NO2S/c1-2-10-8-13(5-6-15-10)11(14)7-12(9-16)3-4-12/h10,16H,2-9H2,1H3. The van der Waals surface area contributed by atoms with E-state index in [1.165, 1.54) is 12.8 Å². The van der Waals surface area contributed by atoms with Crippen molar-refractivity contribution < 1.29 is 9.53 Å². The number of nitrogens with zero attached hydrogens (tertiary/aromatic N) is 1. The van der Waals surface area contributed by atoms with Gasteiger partial charge >= 0.3 is 0 Å². The van der Waals surface area contributed by atoms with Crippen molar-refractivity contribution in [3.05, 3.63) is 0 Å². The van der Waals surface area contributed by atoms with E-state index in [4.69, 9.17) is 4.74 Å². The first kappa shape index (κ1) is 12.2. The molecular formula is C12H21NO2S. The van der Waals surface area contributed by atoms with Crippen molar-refractivity contribution in [2.45, 2.75) is 38.7 Å². The van der Waals surface area contributed by atoms with E-state index in [-0.39, 0.29) is 11.5 Å². The molecule has 1 aliphatic carbocycles. The Labute approximate surface area is 103 Å². The van der Waals surface area contributed by atoms with Crippen molar-refractivity contribution in [3.63, 3.8) is 0 Å². The van der Waals surface area contributed by atoms with Gasteiger partial charge in [-0.25, -0.2) is 0 Å². The fourth-order valence-corrected chi connectivity index (χ4v) is 2.62. The minimum atomic E-state index is 0.236. The summed E-state index contributed by atoms with van der Waals surface area (Å²) in [4.78, 5) is 14.1. The van der Waals surface area contributed by atoms with Crippen LogP contribution in [0.1, 0.15) is 32.6 Å². The van der Waals surface area contributed by atoms with Crippen LogP contribution in [-0.2, 0) is 9.53 Å². The number of hydrogen-bond acceptors (Lipinski definition) is 3. The Kier molecular flexibility index (Phi) is 3.80. The van der Waals surface area contributed by atoms with E-state index in [9.17, 15) is 4.79 Å². The van der Waals surface area contributed by atoms with Crippen LogP contribution in [0, 0.1) is 5.41 Å². The third kappa shape index (κ3) is 2.72. The van der Waals surface area contributed by atoms with Crippen molar-refractivity contribution in [1.82, 2.24) is 4.90 Å². The molecule has 1 atom stereocenters. The molecule has 0 bridgehead atoms. The Morgan fingerprint density at radius 2 is 2.31 bits per heavy atom. The zero-order valence-corrected chi connectivity index (χ0v) is 10.8. The summed E-state index contributed by atoms with van der Waals surface area (Å²) in [6.45, 7) is 4.34. The van der Waals surface area contributed by atoms with Crippen LogP contribution in [0.3, 0.4) is 0 Å². The summed E-state index contributed by atoms with van der Waals surface area (Å²) < 4.78 is 5.57. The number of rotatable bonds is 4. The van der Waals surface area contributed by atoms with Crippen LogP contribution < -0.4 is 0 Å². The van der Waals surface area contributed by atoms with Gasteiger partial charge in [0.1, 0.15) is 0 Å². The second-order valence-electron chi connectivity index (χ2n) is 5.08. The van der Waals surface area contributed by atoms with Gasteiger partial charge in [-0.05, 0) is 30.4 Å².